The van der Waals surface area contributed by atoms with E-state index in [1.165, 1.54) is 30.4 Å². The second-order valence-corrected chi connectivity index (χ2v) is 11.5. The van der Waals surface area contributed by atoms with Gasteiger partial charge in [0.25, 0.3) is 5.78 Å². The minimum absolute atomic E-state index is 0.160. The fraction of sp³-hybridized carbons (Fsp3) is 0.517. The molecule has 0 aliphatic heterocycles. The summed E-state index contributed by atoms with van der Waals surface area (Å²) >= 11 is 0. The summed E-state index contributed by atoms with van der Waals surface area (Å²) in [6, 6.07) is 7.99. The Morgan fingerprint density at radius 3 is 2.43 bits per heavy atom. The van der Waals surface area contributed by atoms with Gasteiger partial charge < -0.3 is 14.9 Å². The summed E-state index contributed by atoms with van der Waals surface area (Å²) in [7, 11) is 0. The maximum atomic E-state index is 17.4. The van der Waals surface area contributed by atoms with E-state index in [1.54, 1.807) is 39.0 Å². The molecule has 7 nitrogen and oxygen atoms in total. The van der Waals surface area contributed by atoms with Crippen molar-refractivity contribution in [2.75, 3.05) is 0 Å². The lowest BCUT2D eigenvalue weighted by atomic mass is 9.44. The van der Waals surface area contributed by atoms with E-state index in [1.807, 2.05) is 0 Å². The number of hydrogen-bond acceptors (Lipinski definition) is 6. The first-order valence-corrected chi connectivity index (χ1v) is 12.7. The fourth-order valence-electron chi connectivity index (χ4n) is 8.22. The van der Waals surface area contributed by atoms with E-state index in [9.17, 15) is 29.4 Å². The van der Waals surface area contributed by atoms with E-state index >= 15 is 4.39 Å². The largest absolute Gasteiger partial charge is 0.475 e. The number of halogens is 1. The third kappa shape index (κ3) is 3.14. The Kier molecular flexibility index (Phi) is 5.64. The first kappa shape index (κ1) is 25.5. The molecule has 196 valence electrons. The molecule has 1 aromatic carbocycles. The van der Waals surface area contributed by atoms with E-state index in [-0.39, 0.29) is 24.2 Å². The van der Waals surface area contributed by atoms with Gasteiger partial charge in [-0.25, -0.2) is 14.0 Å². The number of carboxylic acid groups (broad SMARTS) is 1. The van der Waals surface area contributed by atoms with Gasteiger partial charge in [0.1, 0.15) is 0 Å². The molecule has 5 rings (SSSR count). The Morgan fingerprint density at radius 2 is 1.78 bits per heavy atom. The molecule has 3 fully saturated rings. The van der Waals surface area contributed by atoms with Crippen LogP contribution in [0, 0.1) is 28.6 Å². The summed E-state index contributed by atoms with van der Waals surface area (Å²) in [5, 5.41) is 21.4. The molecule has 0 spiro atoms. The Morgan fingerprint density at radius 1 is 1.11 bits per heavy atom. The van der Waals surface area contributed by atoms with Crippen molar-refractivity contribution in [3.05, 3.63) is 59.7 Å². The van der Waals surface area contributed by atoms with Crippen LogP contribution in [0.2, 0.25) is 0 Å². The van der Waals surface area contributed by atoms with Gasteiger partial charge in [-0.05, 0) is 62.8 Å². The van der Waals surface area contributed by atoms with Crippen molar-refractivity contribution in [2.24, 2.45) is 28.6 Å². The highest BCUT2D eigenvalue weighted by Gasteiger charge is 2.78. The molecule has 2 N–H and O–H groups in total. The number of carbonyl (C=O) groups excluding carboxylic acids is 3. The average Bonchev–Trinajstić information content (AvgIpc) is 3.07. The van der Waals surface area contributed by atoms with Crippen LogP contribution in [0.1, 0.15) is 56.8 Å². The van der Waals surface area contributed by atoms with Gasteiger partial charge in [-0.3, -0.25) is 9.59 Å². The molecule has 0 heterocycles. The standard InChI is InChI=1S/C29H31FO7/c1-16-13-21-20-10-9-18-14-19(31)11-12-26(18,2)28(20,30)22(32)15-27(21,3)29(16,23(33)24(34)35)37-25(36)17-7-5-4-6-8-17/h4-8,11-12,14,16,20-22,32H,9-10,13,15H2,1-3H3,(H,34,35)/t16?,20-,21-,22?,26-,27-,28-,29-/m0/s1. The number of hydrogen-bond donors (Lipinski definition) is 2. The molecule has 8 atom stereocenters. The number of esters is 1. The molecule has 0 saturated heterocycles. The van der Waals surface area contributed by atoms with Crippen LogP contribution in [0.15, 0.2) is 54.1 Å². The van der Waals surface area contributed by atoms with Crippen LogP contribution in [0.3, 0.4) is 0 Å². The van der Waals surface area contributed by atoms with Crippen LogP contribution in [0.5, 0.6) is 0 Å². The molecule has 0 bridgehead atoms. The third-order valence-electron chi connectivity index (χ3n) is 9.98. The van der Waals surface area contributed by atoms with Crippen molar-refractivity contribution in [3.63, 3.8) is 0 Å². The highest BCUT2D eigenvalue weighted by atomic mass is 19.1. The highest BCUT2D eigenvalue weighted by Crippen LogP contribution is 2.71. The summed E-state index contributed by atoms with van der Waals surface area (Å²) in [5.74, 6) is -6.10. The number of alkyl halides is 1. The maximum absolute atomic E-state index is 17.4. The number of allylic oxidation sites excluding steroid dienone is 4. The van der Waals surface area contributed by atoms with Gasteiger partial charge in [0.2, 0.25) is 0 Å². The number of carbonyl (C=O) groups is 4. The molecule has 4 aliphatic carbocycles. The molecule has 1 aromatic rings. The minimum atomic E-state index is -2.15. The molecule has 8 heteroatoms. The van der Waals surface area contributed by atoms with E-state index < -0.39 is 63.7 Å². The molecule has 37 heavy (non-hydrogen) atoms. The SMILES string of the molecule is CC1C[C@H]2[C@@H]3CCC4=CC(=O)C=C[C@]4(C)[C@@]3(F)C(O)C[C@]2(C)[C@@]1(OC(=O)c1ccccc1)C(=O)C(=O)O. The number of Topliss-reactive ketones (excluding diaryl/α,β-unsaturated/α-hetero) is 1. The van der Waals surface area contributed by atoms with E-state index in [4.69, 9.17) is 4.74 Å². The molecule has 3 saturated carbocycles. The predicted molar refractivity (Wildman–Crippen MR) is 130 cm³/mol. The first-order valence-electron chi connectivity index (χ1n) is 12.7. The summed E-state index contributed by atoms with van der Waals surface area (Å²) in [4.78, 5) is 50.9. The van der Waals surface area contributed by atoms with Crippen molar-refractivity contribution >= 4 is 23.5 Å². The van der Waals surface area contributed by atoms with Crippen LogP contribution in [-0.2, 0) is 19.1 Å². The molecular weight excluding hydrogens is 479 g/mol. The fourth-order valence-corrected chi connectivity index (χ4v) is 8.22. The lowest BCUT2D eigenvalue weighted by Crippen LogP contribution is -2.70. The van der Waals surface area contributed by atoms with Gasteiger partial charge in [0, 0.05) is 22.7 Å². The number of fused-ring (bicyclic) bond motifs is 5. The minimum Gasteiger partial charge on any atom is -0.475 e. The van der Waals surface area contributed by atoms with Gasteiger partial charge in [0.15, 0.2) is 17.1 Å². The molecule has 0 radical (unpaired) electrons. The Hall–Kier alpha value is -3.13. The third-order valence-corrected chi connectivity index (χ3v) is 9.98. The van der Waals surface area contributed by atoms with E-state index in [0.29, 0.717) is 18.4 Å². The average molecular weight is 511 g/mol. The van der Waals surface area contributed by atoms with Gasteiger partial charge in [-0.1, -0.05) is 43.7 Å². The Balaban J connectivity index is 1.63. The van der Waals surface area contributed by atoms with Crippen LogP contribution in [0.4, 0.5) is 4.39 Å². The van der Waals surface area contributed by atoms with Crippen LogP contribution < -0.4 is 0 Å². The number of benzene rings is 1. The molecular formula is C29H31FO7. The zero-order chi connectivity index (χ0) is 27.0. The number of ether oxygens (including phenoxy) is 1. The summed E-state index contributed by atoms with van der Waals surface area (Å²) < 4.78 is 23.3. The predicted octanol–water partition coefficient (Wildman–Crippen LogP) is 3.85. The number of aliphatic carboxylic acids is 1. The van der Waals surface area contributed by atoms with Crippen LogP contribution >= 0.6 is 0 Å². The monoisotopic (exact) mass is 510 g/mol. The second-order valence-electron chi connectivity index (χ2n) is 11.5. The van der Waals surface area contributed by atoms with Gasteiger partial charge in [-0.15, -0.1) is 0 Å². The van der Waals surface area contributed by atoms with Crippen molar-refractivity contribution < 1.29 is 38.5 Å². The maximum Gasteiger partial charge on any atom is 0.376 e. The van der Waals surface area contributed by atoms with Gasteiger partial charge in [0.05, 0.1) is 11.7 Å². The summed E-state index contributed by atoms with van der Waals surface area (Å²) in [5.41, 5.74) is -6.02. The highest BCUT2D eigenvalue weighted by molar-refractivity contribution is 6.36. The van der Waals surface area contributed by atoms with Crippen molar-refractivity contribution in [2.45, 2.75) is 63.8 Å². The lowest BCUT2D eigenvalue weighted by Gasteiger charge is -2.62. The van der Waals surface area contributed by atoms with Crippen molar-refractivity contribution in [1.82, 2.24) is 0 Å². The van der Waals surface area contributed by atoms with Gasteiger partial charge in [-0.2, -0.15) is 0 Å². The molecule has 2 unspecified atom stereocenters. The van der Waals surface area contributed by atoms with Gasteiger partial charge >= 0.3 is 11.9 Å². The van der Waals surface area contributed by atoms with E-state index in [2.05, 4.69) is 0 Å². The van der Waals surface area contributed by atoms with E-state index in [0.717, 1.165) is 0 Å². The Labute approximate surface area is 214 Å². The number of rotatable bonds is 4. The zero-order valence-corrected chi connectivity index (χ0v) is 21.1. The number of aliphatic hydroxyl groups excluding tert-OH is 1. The topological polar surface area (TPSA) is 118 Å². The number of carboxylic acids is 1. The first-order chi connectivity index (χ1) is 17.3. The normalized spacial score (nSPS) is 42.2. The molecule has 0 amide bonds. The number of aliphatic hydroxyl groups is 1. The molecule has 4 aliphatic rings. The summed E-state index contributed by atoms with van der Waals surface area (Å²) in [6.07, 6.45) is 3.42. The summed E-state index contributed by atoms with van der Waals surface area (Å²) in [6.45, 7) is 4.99. The van der Waals surface area contributed by atoms with Crippen molar-refractivity contribution in [3.8, 4) is 0 Å². The smallest absolute Gasteiger partial charge is 0.376 e. The lowest BCUT2D eigenvalue weighted by molar-refractivity contribution is -0.219. The number of ketones is 2. The van der Waals surface area contributed by atoms with Crippen LogP contribution in [-0.4, -0.2) is 51.1 Å². The molecule has 0 aromatic heterocycles. The van der Waals surface area contributed by atoms with Crippen molar-refractivity contribution in [1.29, 1.82) is 0 Å². The second kappa shape index (κ2) is 8.18. The van der Waals surface area contributed by atoms with Crippen LogP contribution in [0.25, 0.3) is 0 Å². The Bertz CT molecular complexity index is 1250. The quantitative estimate of drug-likeness (QED) is 0.467. The zero-order valence-electron chi connectivity index (χ0n) is 21.1.